The molecule has 0 radical (unpaired) electrons. The Morgan fingerprint density at radius 2 is 1.97 bits per heavy atom. The highest BCUT2D eigenvalue weighted by molar-refractivity contribution is 7.21. The third kappa shape index (κ3) is 6.69. The number of aromatic amines is 1. The molecule has 1 atom stereocenters. The first kappa shape index (κ1) is 28.0. The predicted molar refractivity (Wildman–Crippen MR) is 144 cm³/mol. The zero-order chi connectivity index (χ0) is 28.2. The Kier molecular flexibility index (Phi) is 8.44. The van der Waals surface area contributed by atoms with E-state index in [1.54, 1.807) is 25.3 Å². The van der Waals surface area contributed by atoms with Crippen molar-refractivity contribution in [2.45, 2.75) is 32.0 Å². The molecule has 2 heterocycles. The fourth-order valence-electron chi connectivity index (χ4n) is 4.06. The minimum atomic E-state index is -4.81. The molecule has 2 N–H and O–H groups in total. The van der Waals surface area contributed by atoms with Crippen LogP contribution in [0.15, 0.2) is 53.6 Å². The van der Waals surface area contributed by atoms with Crippen LogP contribution in [0.25, 0.3) is 26.9 Å². The van der Waals surface area contributed by atoms with Gasteiger partial charge in [-0.15, -0.1) is 11.3 Å². The summed E-state index contributed by atoms with van der Waals surface area (Å²) in [4.78, 5) is 29.6. The number of carbonyl (C=O) groups is 1. The SMILES string of the molecule is C[C@@H](CCCN(C)/C=C\c1cc(-c2nc3ccccc3s2)c(F)cc1C=O)Nc1cn[nH]c(=O)c1C(F)(F)F. The number of thiazole rings is 1. The van der Waals surface area contributed by atoms with Crippen LogP contribution in [-0.2, 0) is 6.18 Å². The first-order valence-electron chi connectivity index (χ1n) is 12.0. The van der Waals surface area contributed by atoms with Crippen LogP contribution in [0.2, 0.25) is 0 Å². The second kappa shape index (κ2) is 11.8. The van der Waals surface area contributed by atoms with Crippen molar-refractivity contribution >= 4 is 39.6 Å². The topological polar surface area (TPSA) is 91.0 Å². The molecule has 2 aromatic carbocycles. The molecular weight excluding hydrogens is 534 g/mol. The van der Waals surface area contributed by atoms with Gasteiger partial charge in [-0.25, -0.2) is 14.5 Å². The Hall–Kier alpha value is -4.06. The normalized spacial score (nSPS) is 12.7. The van der Waals surface area contributed by atoms with E-state index in [1.165, 1.54) is 17.4 Å². The maximum absolute atomic E-state index is 14.8. The monoisotopic (exact) mass is 559 g/mol. The van der Waals surface area contributed by atoms with Gasteiger partial charge in [-0.2, -0.15) is 18.3 Å². The molecule has 2 aromatic heterocycles. The van der Waals surface area contributed by atoms with E-state index in [1.807, 2.05) is 41.3 Å². The van der Waals surface area contributed by atoms with Crippen LogP contribution in [0.1, 0.15) is 41.3 Å². The number of aromatic nitrogens is 3. The lowest BCUT2D eigenvalue weighted by Crippen LogP contribution is -2.27. The Morgan fingerprint density at radius 3 is 2.69 bits per heavy atom. The molecule has 0 spiro atoms. The number of halogens is 4. The largest absolute Gasteiger partial charge is 0.423 e. The van der Waals surface area contributed by atoms with Crippen molar-refractivity contribution in [1.82, 2.24) is 20.1 Å². The number of alkyl halides is 3. The Balaban J connectivity index is 1.40. The van der Waals surface area contributed by atoms with Crippen LogP contribution < -0.4 is 10.9 Å². The number of nitrogens with zero attached hydrogens (tertiary/aromatic N) is 3. The molecule has 0 unspecified atom stereocenters. The first-order chi connectivity index (χ1) is 18.6. The standard InChI is InChI=1S/C27H25F4N5O2S/c1-16(33-22-14-32-35-25(38)24(22)27(29,30)31)6-5-10-36(2)11-9-17-12-19(20(28)13-18(17)15-37)26-34-21-7-3-4-8-23(21)39-26/h3-4,7-9,11-16H,5-6,10H2,1-2H3,(H2,33,35,38)/b11-9-/t16-/m0/s1. The number of para-hydroxylation sites is 1. The third-order valence-corrected chi connectivity index (χ3v) is 7.09. The van der Waals surface area contributed by atoms with E-state index < -0.39 is 23.1 Å². The van der Waals surface area contributed by atoms with Crippen LogP contribution in [0, 0.1) is 5.82 Å². The minimum Gasteiger partial charge on any atom is -0.381 e. The molecule has 0 aliphatic heterocycles. The molecule has 0 fully saturated rings. The molecule has 0 aliphatic rings. The van der Waals surface area contributed by atoms with Gasteiger partial charge in [-0.3, -0.25) is 9.59 Å². The highest BCUT2D eigenvalue weighted by atomic mass is 32.1. The van der Waals surface area contributed by atoms with Gasteiger partial charge < -0.3 is 10.2 Å². The minimum absolute atomic E-state index is 0.201. The van der Waals surface area contributed by atoms with E-state index in [0.717, 1.165) is 16.4 Å². The summed E-state index contributed by atoms with van der Waals surface area (Å²) >= 11 is 1.36. The number of aldehydes is 1. The van der Waals surface area contributed by atoms with Crippen LogP contribution in [0.3, 0.4) is 0 Å². The molecule has 204 valence electrons. The molecule has 39 heavy (non-hydrogen) atoms. The number of rotatable bonds is 10. The average Bonchev–Trinajstić information content (AvgIpc) is 3.31. The lowest BCUT2D eigenvalue weighted by Gasteiger charge is -2.20. The van der Waals surface area contributed by atoms with Crippen molar-refractivity contribution in [2.24, 2.45) is 0 Å². The summed E-state index contributed by atoms with van der Waals surface area (Å²) in [6.45, 7) is 2.28. The van der Waals surface area contributed by atoms with Crippen molar-refractivity contribution < 1.29 is 22.4 Å². The quantitative estimate of drug-likeness (QED) is 0.178. The van der Waals surface area contributed by atoms with Gasteiger partial charge in [0.1, 0.15) is 16.4 Å². The van der Waals surface area contributed by atoms with Gasteiger partial charge in [0.25, 0.3) is 5.56 Å². The van der Waals surface area contributed by atoms with Crippen molar-refractivity contribution in [3.8, 4) is 10.6 Å². The number of H-pyrrole nitrogens is 1. The van der Waals surface area contributed by atoms with Crippen molar-refractivity contribution in [2.75, 3.05) is 18.9 Å². The molecular formula is C27H25F4N5O2S. The summed E-state index contributed by atoms with van der Waals surface area (Å²) in [5.41, 5.74) is -1.17. The van der Waals surface area contributed by atoms with Gasteiger partial charge in [0, 0.05) is 30.8 Å². The fourth-order valence-corrected chi connectivity index (χ4v) is 5.04. The fraction of sp³-hybridized carbons (Fsp3) is 0.259. The third-order valence-electron chi connectivity index (χ3n) is 6.02. The average molecular weight is 560 g/mol. The number of hydrogen-bond acceptors (Lipinski definition) is 7. The smallest absolute Gasteiger partial charge is 0.381 e. The van der Waals surface area contributed by atoms with E-state index in [9.17, 15) is 27.2 Å². The lowest BCUT2D eigenvalue weighted by molar-refractivity contribution is -0.138. The maximum atomic E-state index is 14.8. The van der Waals surface area contributed by atoms with Crippen LogP contribution >= 0.6 is 11.3 Å². The Morgan fingerprint density at radius 1 is 1.21 bits per heavy atom. The number of carbonyl (C=O) groups excluding carboxylic acids is 1. The highest BCUT2D eigenvalue weighted by Gasteiger charge is 2.37. The number of nitrogens with one attached hydrogen (secondary N) is 2. The van der Waals surface area contributed by atoms with Gasteiger partial charge in [-0.1, -0.05) is 12.1 Å². The summed E-state index contributed by atoms with van der Waals surface area (Å²) in [5.74, 6) is -0.535. The molecule has 0 bridgehead atoms. The first-order valence-corrected chi connectivity index (χ1v) is 12.8. The molecule has 7 nitrogen and oxygen atoms in total. The van der Waals surface area contributed by atoms with Crippen LogP contribution in [0.5, 0.6) is 0 Å². The summed E-state index contributed by atoms with van der Waals surface area (Å²) in [5, 5.41) is 8.51. The van der Waals surface area contributed by atoms with E-state index in [2.05, 4.69) is 15.4 Å². The second-order valence-electron chi connectivity index (χ2n) is 9.04. The second-order valence-corrected chi connectivity index (χ2v) is 10.1. The summed E-state index contributed by atoms with van der Waals surface area (Å²) in [7, 11) is 1.82. The van der Waals surface area contributed by atoms with Gasteiger partial charge in [0.05, 0.1) is 22.1 Å². The van der Waals surface area contributed by atoms with Gasteiger partial charge in [0.15, 0.2) is 6.29 Å². The molecule has 0 amide bonds. The highest BCUT2D eigenvalue weighted by Crippen LogP contribution is 2.34. The summed E-state index contributed by atoms with van der Waals surface area (Å²) in [6.07, 6.45) is 1.33. The van der Waals surface area contributed by atoms with Crippen LogP contribution in [-0.4, -0.2) is 46.0 Å². The lowest BCUT2D eigenvalue weighted by atomic mass is 10.0. The Bertz CT molecular complexity index is 1530. The van der Waals surface area contributed by atoms with E-state index in [0.29, 0.717) is 41.8 Å². The molecule has 0 saturated heterocycles. The Labute approximate surface area is 225 Å². The van der Waals surface area contributed by atoms with Crippen molar-refractivity contribution in [3.63, 3.8) is 0 Å². The number of benzene rings is 2. The maximum Gasteiger partial charge on any atom is 0.423 e. The molecule has 4 aromatic rings. The predicted octanol–water partition coefficient (Wildman–Crippen LogP) is 6.20. The summed E-state index contributed by atoms with van der Waals surface area (Å²) < 4.78 is 55.5. The van der Waals surface area contributed by atoms with Gasteiger partial charge >= 0.3 is 6.18 Å². The number of hydrogen-bond donors (Lipinski definition) is 2. The molecule has 12 heteroatoms. The van der Waals surface area contributed by atoms with Crippen molar-refractivity contribution in [1.29, 1.82) is 0 Å². The van der Waals surface area contributed by atoms with E-state index >= 15 is 0 Å². The van der Waals surface area contributed by atoms with Crippen LogP contribution in [0.4, 0.5) is 23.2 Å². The van der Waals surface area contributed by atoms with E-state index in [4.69, 9.17) is 0 Å². The zero-order valence-electron chi connectivity index (χ0n) is 21.1. The molecule has 0 aliphatic carbocycles. The number of anilines is 1. The number of fused-ring (bicyclic) bond motifs is 1. The van der Waals surface area contributed by atoms with Crippen molar-refractivity contribution in [3.05, 3.63) is 81.7 Å². The van der Waals surface area contributed by atoms with E-state index in [-0.39, 0.29) is 17.3 Å². The molecule has 0 saturated carbocycles. The zero-order valence-corrected chi connectivity index (χ0v) is 21.9. The van der Waals surface area contributed by atoms with Gasteiger partial charge in [-0.05, 0) is 61.9 Å². The molecule has 4 rings (SSSR count). The van der Waals surface area contributed by atoms with Gasteiger partial charge in [0.2, 0.25) is 0 Å². The summed E-state index contributed by atoms with van der Waals surface area (Å²) in [6, 6.07) is 9.94.